The van der Waals surface area contributed by atoms with Gasteiger partial charge in [-0.05, 0) is 20.5 Å². The smallest absolute Gasteiger partial charge is 0.307 e. The largest absolute Gasteiger partial charge is 0.697 e. The van der Waals surface area contributed by atoms with Crippen LogP contribution in [-0.4, -0.2) is 38.8 Å². The first kappa shape index (κ1) is 21.0. The van der Waals surface area contributed by atoms with E-state index in [1.54, 1.807) is 0 Å². The molecule has 0 N–H and O–H groups in total. The van der Waals surface area contributed by atoms with Crippen molar-refractivity contribution in [3.8, 4) is 0 Å². The zero-order chi connectivity index (χ0) is 15.8. The molecule has 0 amide bonds. The molecule has 0 aromatic carbocycles. The van der Waals surface area contributed by atoms with E-state index in [4.69, 9.17) is 9.05 Å². The van der Waals surface area contributed by atoms with Gasteiger partial charge in [0.1, 0.15) is 13.2 Å². The molecule has 0 aliphatic heterocycles. The molecule has 0 fully saturated rings. The molecule has 0 heterocycles. The first-order valence-electron chi connectivity index (χ1n) is 8.54. The minimum Gasteiger partial charge on any atom is -0.307 e. The van der Waals surface area contributed by atoms with Gasteiger partial charge >= 0.3 is 8.25 Å². The lowest BCUT2D eigenvalue weighted by Crippen LogP contribution is -2.16. The maximum atomic E-state index is 11.4. The van der Waals surface area contributed by atoms with E-state index < -0.39 is 8.25 Å². The fourth-order valence-electron chi connectivity index (χ4n) is 2.06. The van der Waals surface area contributed by atoms with Gasteiger partial charge in [0, 0.05) is 11.1 Å². The van der Waals surface area contributed by atoms with E-state index in [1.807, 2.05) is 19.0 Å². The van der Waals surface area contributed by atoms with Crippen LogP contribution in [0.2, 0.25) is 0 Å². The van der Waals surface area contributed by atoms with Gasteiger partial charge in [-0.2, -0.15) is 0 Å². The van der Waals surface area contributed by atoms with Crippen LogP contribution in [0.3, 0.4) is 0 Å². The van der Waals surface area contributed by atoms with Crippen molar-refractivity contribution in [2.75, 3.05) is 33.9 Å². The third kappa shape index (κ3) is 17.9. The predicted octanol–water partition coefficient (Wildman–Crippen LogP) is 5.16. The Bertz CT molecular complexity index is 238. The molecule has 1 atom stereocenters. The van der Waals surface area contributed by atoms with Crippen molar-refractivity contribution in [2.45, 2.75) is 71.1 Å². The first-order valence-corrected chi connectivity index (χ1v) is 9.64. The van der Waals surface area contributed by atoms with Crippen molar-refractivity contribution < 1.29 is 13.6 Å². The van der Waals surface area contributed by atoms with Crippen LogP contribution in [0.15, 0.2) is 0 Å². The number of rotatable bonds is 16. The number of unbranched alkanes of at least 4 members (excludes halogenated alkanes) is 9. The Kier molecular flexibility index (Phi) is 16.3. The van der Waals surface area contributed by atoms with Crippen LogP contribution in [0.25, 0.3) is 0 Å². The molecule has 0 aliphatic rings. The Morgan fingerprint density at radius 3 is 1.76 bits per heavy atom. The Morgan fingerprint density at radius 2 is 1.24 bits per heavy atom. The Labute approximate surface area is 132 Å². The average molecular weight is 320 g/mol. The zero-order valence-corrected chi connectivity index (χ0v) is 15.2. The SMILES string of the molecule is CCCCCCCCCCCCO[P+](=O)OCCN(C)C. The van der Waals surface area contributed by atoms with Crippen molar-refractivity contribution in [3.05, 3.63) is 0 Å². The van der Waals surface area contributed by atoms with Gasteiger partial charge < -0.3 is 4.90 Å². The molecule has 5 heteroatoms. The van der Waals surface area contributed by atoms with E-state index in [9.17, 15) is 4.57 Å². The summed E-state index contributed by atoms with van der Waals surface area (Å²) in [7, 11) is 1.99. The maximum Gasteiger partial charge on any atom is 0.697 e. The molecule has 21 heavy (non-hydrogen) atoms. The Morgan fingerprint density at radius 1 is 0.762 bits per heavy atom. The van der Waals surface area contributed by atoms with E-state index in [0.29, 0.717) is 13.2 Å². The third-order valence-electron chi connectivity index (χ3n) is 3.43. The summed E-state index contributed by atoms with van der Waals surface area (Å²) >= 11 is 0. The fourth-order valence-corrected chi connectivity index (χ4v) is 2.65. The summed E-state index contributed by atoms with van der Waals surface area (Å²) < 4.78 is 21.6. The van der Waals surface area contributed by atoms with E-state index in [0.717, 1.165) is 19.4 Å². The second kappa shape index (κ2) is 16.4. The minimum atomic E-state index is -1.92. The second-order valence-corrected chi connectivity index (χ2v) is 6.84. The van der Waals surface area contributed by atoms with E-state index in [2.05, 4.69) is 6.92 Å². The number of hydrogen-bond donors (Lipinski definition) is 0. The van der Waals surface area contributed by atoms with E-state index in [1.165, 1.54) is 51.4 Å². The number of likely N-dealkylation sites (N-methyl/N-ethyl adjacent to an activating group) is 1. The van der Waals surface area contributed by atoms with Crippen LogP contribution in [0.1, 0.15) is 71.1 Å². The monoisotopic (exact) mass is 320 g/mol. The molecule has 0 spiro atoms. The quantitative estimate of drug-likeness (QED) is 0.291. The molecular formula is C16H35NO3P+. The van der Waals surface area contributed by atoms with E-state index in [-0.39, 0.29) is 0 Å². The molecule has 0 aliphatic carbocycles. The molecule has 0 saturated heterocycles. The van der Waals surface area contributed by atoms with Gasteiger partial charge in [0.25, 0.3) is 0 Å². The number of hydrogen-bond acceptors (Lipinski definition) is 4. The third-order valence-corrected chi connectivity index (χ3v) is 4.22. The van der Waals surface area contributed by atoms with Gasteiger partial charge in [0.05, 0.1) is 0 Å². The van der Waals surface area contributed by atoms with Crippen LogP contribution in [0.4, 0.5) is 0 Å². The lowest BCUT2D eigenvalue weighted by atomic mass is 10.1. The van der Waals surface area contributed by atoms with Crippen LogP contribution >= 0.6 is 8.25 Å². The summed E-state index contributed by atoms with van der Waals surface area (Å²) in [6.45, 7) is 4.03. The van der Waals surface area contributed by atoms with Gasteiger partial charge in [-0.1, -0.05) is 64.7 Å². The predicted molar refractivity (Wildman–Crippen MR) is 89.9 cm³/mol. The highest BCUT2D eigenvalue weighted by atomic mass is 31.1. The summed E-state index contributed by atoms with van der Waals surface area (Å²) in [4.78, 5) is 1.99. The minimum absolute atomic E-state index is 0.459. The lowest BCUT2D eigenvalue weighted by Gasteiger charge is -2.04. The molecule has 1 unspecified atom stereocenters. The van der Waals surface area contributed by atoms with Crippen molar-refractivity contribution in [1.82, 2.24) is 4.90 Å². The standard InChI is InChI=1S/C16H35NO3P/c1-4-5-6-7-8-9-10-11-12-13-15-19-21(18)20-16-14-17(2)3/h4-16H2,1-3H3/q+1. The molecule has 0 bridgehead atoms. The van der Waals surface area contributed by atoms with Gasteiger partial charge in [-0.25, -0.2) is 0 Å². The van der Waals surface area contributed by atoms with Gasteiger partial charge in [0.2, 0.25) is 0 Å². The van der Waals surface area contributed by atoms with E-state index >= 15 is 0 Å². The summed E-state index contributed by atoms with van der Waals surface area (Å²) in [5.41, 5.74) is 0. The topological polar surface area (TPSA) is 38.8 Å². The molecule has 0 radical (unpaired) electrons. The summed E-state index contributed by atoms with van der Waals surface area (Å²) in [6.07, 6.45) is 12.9. The number of nitrogens with zero attached hydrogens (tertiary/aromatic N) is 1. The van der Waals surface area contributed by atoms with Crippen molar-refractivity contribution in [2.24, 2.45) is 0 Å². The summed E-state index contributed by atoms with van der Waals surface area (Å²) in [5.74, 6) is 0. The summed E-state index contributed by atoms with van der Waals surface area (Å²) in [6, 6.07) is 0. The van der Waals surface area contributed by atoms with Crippen LogP contribution in [-0.2, 0) is 13.6 Å². The van der Waals surface area contributed by atoms with Crippen LogP contribution < -0.4 is 0 Å². The van der Waals surface area contributed by atoms with Gasteiger partial charge in [-0.15, -0.1) is 9.05 Å². The molecule has 0 rings (SSSR count). The van der Waals surface area contributed by atoms with Crippen LogP contribution in [0.5, 0.6) is 0 Å². The highest BCUT2D eigenvalue weighted by molar-refractivity contribution is 7.33. The van der Waals surface area contributed by atoms with Gasteiger partial charge in [0.15, 0.2) is 0 Å². The highest BCUT2D eigenvalue weighted by Crippen LogP contribution is 2.23. The lowest BCUT2D eigenvalue weighted by molar-refractivity contribution is 0.205. The average Bonchev–Trinajstić information content (AvgIpc) is 2.44. The Hall–Kier alpha value is -0.0200. The molecule has 4 nitrogen and oxygen atoms in total. The molecule has 0 aromatic rings. The fraction of sp³-hybridized carbons (Fsp3) is 1.00. The zero-order valence-electron chi connectivity index (χ0n) is 14.3. The van der Waals surface area contributed by atoms with Crippen molar-refractivity contribution in [1.29, 1.82) is 0 Å². The molecule has 126 valence electrons. The normalized spacial score (nSPS) is 12.1. The first-order chi connectivity index (χ1) is 10.2. The van der Waals surface area contributed by atoms with Crippen LogP contribution in [0, 0.1) is 0 Å². The van der Waals surface area contributed by atoms with Gasteiger partial charge in [-0.3, -0.25) is 0 Å². The van der Waals surface area contributed by atoms with Crippen molar-refractivity contribution in [3.63, 3.8) is 0 Å². The highest BCUT2D eigenvalue weighted by Gasteiger charge is 2.19. The molecular weight excluding hydrogens is 285 g/mol. The molecule has 0 saturated carbocycles. The van der Waals surface area contributed by atoms with Crippen molar-refractivity contribution >= 4 is 8.25 Å². The Balaban J connectivity index is 3.12. The maximum absolute atomic E-state index is 11.4. The summed E-state index contributed by atoms with van der Waals surface area (Å²) in [5, 5.41) is 0. The molecule has 0 aromatic heterocycles. The second-order valence-electron chi connectivity index (χ2n) is 5.88.